The van der Waals surface area contributed by atoms with Crippen molar-refractivity contribution in [1.82, 2.24) is 0 Å². The van der Waals surface area contributed by atoms with Gasteiger partial charge in [-0.3, -0.25) is 0 Å². The molecule has 1 heterocycles. The predicted octanol–water partition coefficient (Wildman–Crippen LogP) is 1.17. The number of hydrogen-bond acceptors (Lipinski definition) is 2. The molecular formula is C9H9O2P. The first-order valence-electron chi connectivity index (χ1n) is 3.75. The zero-order valence-corrected chi connectivity index (χ0v) is 7.91. The highest BCUT2D eigenvalue weighted by molar-refractivity contribution is 7.27. The van der Waals surface area contributed by atoms with E-state index in [1.807, 2.05) is 19.1 Å². The minimum atomic E-state index is -0.196. The van der Waals surface area contributed by atoms with Crippen LogP contribution in [0, 0.1) is 6.92 Å². The third-order valence-electron chi connectivity index (χ3n) is 2.21. The van der Waals surface area contributed by atoms with Crippen LogP contribution in [0.5, 0.6) is 0 Å². The fourth-order valence-corrected chi connectivity index (χ4v) is 1.64. The molecule has 2 rings (SSSR count). The Hall–Kier alpha value is -0.880. The Balaban J connectivity index is 2.68. The quantitative estimate of drug-likeness (QED) is 0.442. The fourth-order valence-electron chi connectivity index (χ4n) is 1.37. The summed E-state index contributed by atoms with van der Waals surface area (Å²) >= 11 is 0. The summed E-state index contributed by atoms with van der Waals surface area (Å²) in [5, 5.41) is 1.13. The number of ether oxygens (including phenoxy) is 1. The highest BCUT2D eigenvalue weighted by atomic mass is 31.0. The lowest BCUT2D eigenvalue weighted by atomic mass is 10.0. The highest BCUT2D eigenvalue weighted by Gasteiger charge is 2.22. The van der Waals surface area contributed by atoms with Gasteiger partial charge in [-0.2, -0.15) is 0 Å². The molecular weight excluding hydrogens is 171 g/mol. The van der Waals surface area contributed by atoms with Crippen LogP contribution in [0.3, 0.4) is 0 Å². The molecule has 1 aliphatic heterocycles. The van der Waals surface area contributed by atoms with Crippen molar-refractivity contribution >= 4 is 20.5 Å². The van der Waals surface area contributed by atoms with Gasteiger partial charge in [-0.1, -0.05) is 6.07 Å². The molecule has 0 amide bonds. The van der Waals surface area contributed by atoms with Crippen LogP contribution in [0.2, 0.25) is 0 Å². The fraction of sp³-hybridized carbons (Fsp3) is 0.222. The van der Waals surface area contributed by atoms with Crippen LogP contribution in [0.1, 0.15) is 21.5 Å². The number of benzene rings is 1. The molecule has 12 heavy (non-hydrogen) atoms. The molecule has 0 fully saturated rings. The van der Waals surface area contributed by atoms with Crippen LogP contribution in [-0.4, -0.2) is 5.97 Å². The molecule has 1 aliphatic rings. The van der Waals surface area contributed by atoms with Crippen molar-refractivity contribution in [2.75, 3.05) is 0 Å². The average Bonchev–Trinajstić information content (AvgIpc) is 2.41. The van der Waals surface area contributed by atoms with Crippen LogP contribution >= 0.6 is 9.24 Å². The van der Waals surface area contributed by atoms with Gasteiger partial charge in [-0.05, 0) is 23.9 Å². The van der Waals surface area contributed by atoms with Crippen molar-refractivity contribution in [3.05, 3.63) is 28.8 Å². The largest absolute Gasteiger partial charge is 0.457 e. The van der Waals surface area contributed by atoms with Gasteiger partial charge in [0, 0.05) is 5.56 Å². The standard InChI is InChI=1S/C9H9O2P/c1-5-7-4-11-9(10)6(7)2-3-8(5)12/h2-3H,4,12H2,1H3. The molecule has 0 N–H and O–H groups in total. The summed E-state index contributed by atoms with van der Waals surface area (Å²) < 4.78 is 4.91. The molecule has 0 aliphatic carbocycles. The molecule has 0 spiro atoms. The van der Waals surface area contributed by atoms with Crippen LogP contribution in [0.25, 0.3) is 0 Å². The van der Waals surface area contributed by atoms with Gasteiger partial charge in [-0.25, -0.2) is 4.79 Å². The topological polar surface area (TPSA) is 26.3 Å². The number of esters is 1. The summed E-state index contributed by atoms with van der Waals surface area (Å²) in [5.74, 6) is -0.196. The van der Waals surface area contributed by atoms with Crippen molar-refractivity contribution in [1.29, 1.82) is 0 Å². The number of carbonyl (C=O) groups excluding carboxylic acids is 1. The SMILES string of the molecule is Cc1c(P)ccc2c1COC2=O. The van der Waals surface area contributed by atoms with E-state index >= 15 is 0 Å². The monoisotopic (exact) mass is 180 g/mol. The summed E-state index contributed by atoms with van der Waals surface area (Å²) in [6.07, 6.45) is 0. The van der Waals surface area contributed by atoms with Crippen LogP contribution in [0.15, 0.2) is 12.1 Å². The van der Waals surface area contributed by atoms with Crippen molar-refractivity contribution in [3.63, 3.8) is 0 Å². The van der Waals surface area contributed by atoms with Gasteiger partial charge in [0.15, 0.2) is 0 Å². The molecule has 0 bridgehead atoms. The molecule has 0 saturated heterocycles. The zero-order valence-electron chi connectivity index (χ0n) is 6.76. The molecule has 0 aromatic heterocycles. The van der Waals surface area contributed by atoms with Crippen LogP contribution in [0.4, 0.5) is 0 Å². The number of fused-ring (bicyclic) bond motifs is 1. The molecule has 3 heteroatoms. The lowest BCUT2D eigenvalue weighted by Crippen LogP contribution is -2.02. The summed E-state index contributed by atoms with van der Waals surface area (Å²) in [6, 6.07) is 3.74. The Morgan fingerprint density at radius 2 is 2.25 bits per heavy atom. The second-order valence-corrected chi connectivity index (χ2v) is 3.50. The summed E-state index contributed by atoms with van der Waals surface area (Å²) in [7, 11) is 2.65. The van der Waals surface area contributed by atoms with Gasteiger partial charge in [0.25, 0.3) is 0 Å². The summed E-state index contributed by atoms with van der Waals surface area (Å²) in [5.41, 5.74) is 2.90. The molecule has 1 aromatic carbocycles. The number of hydrogen-bond donors (Lipinski definition) is 0. The zero-order chi connectivity index (χ0) is 8.72. The molecule has 1 atom stereocenters. The van der Waals surface area contributed by atoms with E-state index in [1.54, 1.807) is 0 Å². The lowest BCUT2D eigenvalue weighted by Gasteiger charge is -2.02. The first kappa shape index (κ1) is 7.75. The van der Waals surface area contributed by atoms with Gasteiger partial charge in [-0.15, -0.1) is 9.24 Å². The first-order valence-corrected chi connectivity index (χ1v) is 4.33. The highest BCUT2D eigenvalue weighted by Crippen LogP contribution is 2.22. The number of carbonyl (C=O) groups is 1. The molecule has 1 unspecified atom stereocenters. The average molecular weight is 180 g/mol. The van der Waals surface area contributed by atoms with E-state index in [2.05, 4.69) is 9.24 Å². The van der Waals surface area contributed by atoms with E-state index in [-0.39, 0.29) is 5.97 Å². The molecule has 0 radical (unpaired) electrons. The minimum absolute atomic E-state index is 0.196. The molecule has 0 saturated carbocycles. The van der Waals surface area contributed by atoms with Crippen molar-refractivity contribution in [3.8, 4) is 0 Å². The number of rotatable bonds is 0. The second kappa shape index (κ2) is 2.56. The maximum atomic E-state index is 11.1. The van der Waals surface area contributed by atoms with Crippen molar-refractivity contribution in [2.24, 2.45) is 0 Å². The van der Waals surface area contributed by atoms with Crippen LogP contribution < -0.4 is 5.30 Å². The second-order valence-electron chi connectivity index (χ2n) is 2.88. The number of cyclic esters (lactones) is 1. The van der Waals surface area contributed by atoms with Gasteiger partial charge >= 0.3 is 5.97 Å². The van der Waals surface area contributed by atoms with E-state index in [4.69, 9.17) is 4.74 Å². The summed E-state index contributed by atoms with van der Waals surface area (Å²) in [6.45, 7) is 2.44. The Bertz CT molecular complexity index is 358. The molecule has 62 valence electrons. The smallest absolute Gasteiger partial charge is 0.338 e. The summed E-state index contributed by atoms with van der Waals surface area (Å²) in [4.78, 5) is 11.1. The van der Waals surface area contributed by atoms with Crippen LogP contribution in [-0.2, 0) is 11.3 Å². The van der Waals surface area contributed by atoms with Gasteiger partial charge < -0.3 is 4.74 Å². The Labute approximate surface area is 73.1 Å². The Kier molecular flexibility index (Phi) is 1.66. The van der Waals surface area contributed by atoms with E-state index in [0.717, 1.165) is 22.0 Å². The Morgan fingerprint density at radius 3 is 3.00 bits per heavy atom. The first-order chi connectivity index (χ1) is 5.70. The van der Waals surface area contributed by atoms with Crippen molar-refractivity contribution in [2.45, 2.75) is 13.5 Å². The normalized spacial score (nSPS) is 14.3. The van der Waals surface area contributed by atoms with Gasteiger partial charge in [0.2, 0.25) is 0 Å². The predicted molar refractivity (Wildman–Crippen MR) is 49.6 cm³/mol. The van der Waals surface area contributed by atoms with E-state index in [1.165, 1.54) is 0 Å². The van der Waals surface area contributed by atoms with Gasteiger partial charge in [0.1, 0.15) is 6.61 Å². The van der Waals surface area contributed by atoms with Gasteiger partial charge in [0.05, 0.1) is 5.56 Å². The Morgan fingerprint density at radius 1 is 1.50 bits per heavy atom. The maximum absolute atomic E-state index is 11.1. The maximum Gasteiger partial charge on any atom is 0.338 e. The minimum Gasteiger partial charge on any atom is -0.457 e. The molecule has 1 aromatic rings. The van der Waals surface area contributed by atoms with E-state index in [9.17, 15) is 4.79 Å². The lowest BCUT2D eigenvalue weighted by molar-refractivity contribution is 0.0535. The van der Waals surface area contributed by atoms with E-state index in [0.29, 0.717) is 6.61 Å². The third-order valence-corrected chi connectivity index (χ3v) is 2.83. The molecule has 2 nitrogen and oxygen atoms in total. The third kappa shape index (κ3) is 0.953. The van der Waals surface area contributed by atoms with E-state index < -0.39 is 0 Å². The van der Waals surface area contributed by atoms with Crippen molar-refractivity contribution < 1.29 is 9.53 Å².